The van der Waals surface area contributed by atoms with Crippen LogP contribution in [0.15, 0.2) is 5.10 Å². The minimum atomic E-state index is -1.74. The van der Waals surface area contributed by atoms with Crippen LogP contribution in [0, 0.1) is 0 Å². The molecular weight excluding hydrogens is 264 g/mol. The summed E-state index contributed by atoms with van der Waals surface area (Å²) in [4.78, 5) is 10.9. The first-order valence-corrected chi connectivity index (χ1v) is 5.83. The maximum absolute atomic E-state index is 10.9. The van der Waals surface area contributed by atoms with Crippen molar-refractivity contribution in [3.8, 4) is 0 Å². The number of carbonyl (C=O) groups excluding carboxylic acids is 1. The molecule has 0 aliphatic rings. The average molecular weight is 282 g/mol. The SMILES string of the molecule is O=C(CCS)NN=C[C@@H](O)[C@@H](O)[C@H](O)[C@H](O)CO. The summed E-state index contributed by atoms with van der Waals surface area (Å²) in [7, 11) is 0. The van der Waals surface area contributed by atoms with Crippen molar-refractivity contribution in [1.29, 1.82) is 0 Å². The molecule has 0 aromatic rings. The molecule has 8 nitrogen and oxygen atoms in total. The van der Waals surface area contributed by atoms with Crippen molar-refractivity contribution in [2.75, 3.05) is 12.4 Å². The first kappa shape index (κ1) is 17.3. The van der Waals surface area contributed by atoms with E-state index in [1.54, 1.807) is 0 Å². The standard InChI is InChI=1S/C9H18N2O6S/c12-4-6(14)9(17)8(16)5(13)3-10-11-7(15)1-2-18/h3,5-6,8-9,12-14,16-18H,1-2,4H2,(H,11,15)/t5-,6-,8-,9-/m1/s1. The minimum absolute atomic E-state index is 0.144. The lowest BCUT2D eigenvalue weighted by Gasteiger charge is -2.23. The quantitative estimate of drug-likeness (QED) is 0.142. The molecule has 0 saturated carbocycles. The minimum Gasteiger partial charge on any atom is -0.394 e. The Bertz CT molecular complexity index is 278. The first-order chi connectivity index (χ1) is 8.43. The molecule has 0 radical (unpaired) electrons. The highest BCUT2D eigenvalue weighted by molar-refractivity contribution is 7.80. The Labute approximate surface area is 109 Å². The lowest BCUT2D eigenvalue weighted by Crippen LogP contribution is -2.46. The van der Waals surface area contributed by atoms with Crippen molar-refractivity contribution in [1.82, 2.24) is 5.43 Å². The molecule has 0 unspecified atom stereocenters. The highest BCUT2D eigenvalue weighted by Gasteiger charge is 2.29. The zero-order valence-electron chi connectivity index (χ0n) is 9.55. The fourth-order valence-corrected chi connectivity index (χ4v) is 1.17. The Hall–Kier alpha value is -0.710. The average Bonchev–Trinajstić information content (AvgIpc) is 2.36. The van der Waals surface area contributed by atoms with Gasteiger partial charge in [-0.25, -0.2) is 5.43 Å². The highest BCUT2D eigenvalue weighted by atomic mass is 32.1. The van der Waals surface area contributed by atoms with E-state index in [1.807, 2.05) is 0 Å². The second-order valence-electron chi connectivity index (χ2n) is 3.51. The number of hydrogen-bond donors (Lipinski definition) is 7. The second kappa shape index (κ2) is 9.25. The number of rotatable bonds is 8. The topological polar surface area (TPSA) is 143 Å². The van der Waals surface area contributed by atoms with Crippen LogP contribution in [-0.2, 0) is 4.79 Å². The number of aliphatic hydroxyl groups excluding tert-OH is 5. The molecule has 0 spiro atoms. The van der Waals surface area contributed by atoms with Crippen LogP contribution in [0.2, 0.25) is 0 Å². The fraction of sp³-hybridized carbons (Fsp3) is 0.778. The summed E-state index contributed by atoms with van der Waals surface area (Å²) in [5, 5.41) is 48.9. The molecular formula is C9H18N2O6S. The summed E-state index contributed by atoms with van der Waals surface area (Å²) >= 11 is 3.83. The second-order valence-corrected chi connectivity index (χ2v) is 3.96. The maximum Gasteiger partial charge on any atom is 0.240 e. The van der Waals surface area contributed by atoms with Gasteiger partial charge in [-0.15, -0.1) is 0 Å². The van der Waals surface area contributed by atoms with Gasteiger partial charge in [0.1, 0.15) is 24.4 Å². The van der Waals surface area contributed by atoms with Gasteiger partial charge in [-0.3, -0.25) is 4.79 Å². The summed E-state index contributed by atoms with van der Waals surface area (Å²) in [6.07, 6.45) is -5.71. The van der Waals surface area contributed by atoms with Gasteiger partial charge in [0.15, 0.2) is 0 Å². The zero-order valence-corrected chi connectivity index (χ0v) is 10.4. The molecule has 0 saturated heterocycles. The third-order valence-corrected chi connectivity index (χ3v) is 2.26. The van der Waals surface area contributed by atoms with Gasteiger partial charge in [-0.2, -0.15) is 17.7 Å². The van der Waals surface area contributed by atoms with Crippen molar-refractivity contribution in [2.24, 2.45) is 5.10 Å². The number of carbonyl (C=O) groups is 1. The molecule has 6 N–H and O–H groups in total. The predicted molar refractivity (Wildman–Crippen MR) is 66.2 cm³/mol. The molecule has 0 aromatic heterocycles. The van der Waals surface area contributed by atoms with Gasteiger partial charge in [-0.05, 0) is 5.75 Å². The van der Waals surface area contributed by atoms with Crippen LogP contribution in [0.1, 0.15) is 6.42 Å². The van der Waals surface area contributed by atoms with Gasteiger partial charge in [0, 0.05) is 6.42 Å². The third-order valence-electron chi connectivity index (χ3n) is 2.04. The maximum atomic E-state index is 10.9. The van der Waals surface area contributed by atoms with Crippen LogP contribution in [-0.4, -0.2) is 74.4 Å². The highest BCUT2D eigenvalue weighted by Crippen LogP contribution is 2.03. The molecule has 0 aliphatic heterocycles. The van der Waals surface area contributed by atoms with Gasteiger partial charge < -0.3 is 25.5 Å². The number of nitrogens with zero attached hydrogens (tertiary/aromatic N) is 1. The number of amides is 1. The van der Waals surface area contributed by atoms with Gasteiger partial charge >= 0.3 is 0 Å². The summed E-state index contributed by atoms with van der Waals surface area (Å²) in [6, 6.07) is 0. The van der Waals surface area contributed by atoms with Crippen molar-refractivity contribution in [3.05, 3.63) is 0 Å². The van der Waals surface area contributed by atoms with Crippen molar-refractivity contribution < 1.29 is 30.3 Å². The van der Waals surface area contributed by atoms with Gasteiger partial charge in [0.25, 0.3) is 0 Å². The van der Waals surface area contributed by atoms with Gasteiger partial charge in [-0.1, -0.05) is 0 Å². The Morgan fingerprint density at radius 2 is 1.89 bits per heavy atom. The monoisotopic (exact) mass is 282 g/mol. The van der Waals surface area contributed by atoms with E-state index in [4.69, 9.17) is 10.2 Å². The molecule has 9 heteroatoms. The summed E-state index contributed by atoms with van der Waals surface area (Å²) in [5.41, 5.74) is 2.07. The van der Waals surface area contributed by atoms with E-state index in [0.29, 0.717) is 5.75 Å². The van der Waals surface area contributed by atoms with E-state index in [-0.39, 0.29) is 6.42 Å². The number of hydrogen-bond acceptors (Lipinski definition) is 8. The van der Waals surface area contributed by atoms with Crippen LogP contribution in [0.3, 0.4) is 0 Å². The van der Waals surface area contributed by atoms with E-state index < -0.39 is 36.9 Å². The van der Waals surface area contributed by atoms with Crippen LogP contribution in [0.4, 0.5) is 0 Å². The number of aliphatic hydroxyl groups is 5. The van der Waals surface area contributed by atoms with E-state index in [0.717, 1.165) is 6.21 Å². The predicted octanol–water partition coefficient (Wildman–Crippen LogP) is -3.16. The lowest BCUT2D eigenvalue weighted by atomic mass is 10.0. The lowest BCUT2D eigenvalue weighted by molar-refractivity contribution is -0.120. The van der Waals surface area contributed by atoms with E-state index in [2.05, 4.69) is 23.2 Å². The molecule has 0 aromatic carbocycles. The van der Waals surface area contributed by atoms with Crippen LogP contribution < -0.4 is 5.43 Å². The fourth-order valence-electron chi connectivity index (χ4n) is 0.969. The molecule has 0 rings (SSSR count). The number of thiol groups is 1. The molecule has 0 fully saturated rings. The smallest absolute Gasteiger partial charge is 0.240 e. The molecule has 18 heavy (non-hydrogen) atoms. The zero-order chi connectivity index (χ0) is 14.1. The molecule has 0 aliphatic carbocycles. The Kier molecular flexibility index (Phi) is 8.89. The molecule has 0 bridgehead atoms. The van der Waals surface area contributed by atoms with Gasteiger partial charge in [0.05, 0.1) is 12.8 Å². The summed E-state index contributed by atoms with van der Waals surface area (Å²) < 4.78 is 0. The number of nitrogens with one attached hydrogen (secondary N) is 1. The Morgan fingerprint density at radius 3 is 2.39 bits per heavy atom. The number of hydrazone groups is 1. The summed E-state index contributed by atoms with van der Waals surface area (Å²) in [5.74, 6) is -0.0765. The molecule has 4 atom stereocenters. The molecule has 1 amide bonds. The largest absolute Gasteiger partial charge is 0.394 e. The van der Waals surface area contributed by atoms with E-state index >= 15 is 0 Å². The summed E-state index contributed by atoms with van der Waals surface area (Å²) in [6.45, 7) is -0.763. The van der Waals surface area contributed by atoms with Gasteiger partial charge in [0.2, 0.25) is 5.91 Å². The third kappa shape index (κ3) is 6.28. The first-order valence-electron chi connectivity index (χ1n) is 5.20. The van der Waals surface area contributed by atoms with Crippen molar-refractivity contribution in [3.63, 3.8) is 0 Å². The van der Waals surface area contributed by atoms with Crippen LogP contribution >= 0.6 is 12.6 Å². The Balaban J connectivity index is 4.18. The van der Waals surface area contributed by atoms with E-state index in [1.165, 1.54) is 0 Å². The Morgan fingerprint density at radius 1 is 1.28 bits per heavy atom. The molecule has 0 heterocycles. The normalized spacial score (nSPS) is 18.3. The van der Waals surface area contributed by atoms with Crippen molar-refractivity contribution in [2.45, 2.75) is 30.8 Å². The van der Waals surface area contributed by atoms with Crippen LogP contribution in [0.5, 0.6) is 0 Å². The molecule has 106 valence electrons. The van der Waals surface area contributed by atoms with Crippen LogP contribution in [0.25, 0.3) is 0 Å². The van der Waals surface area contributed by atoms with Crippen molar-refractivity contribution >= 4 is 24.8 Å². The van der Waals surface area contributed by atoms with E-state index in [9.17, 15) is 20.1 Å².